The van der Waals surface area contributed by atoms with Gasteiger partial charge in [-0.05, 0) is 12.1 Å². The Balaban J connectivity index is 0.000000711. The molecular weight excluding hydrogens is 192 g/mol. The summed E-state index contributed by atoms with van der Waals surface area (Å²) in [5.41, 5.74) is 0. The van der Waals surface area contributed by atoms with Crippen LogP contribution < -0.4 is 4.74 Å². The Hall–Kier alpha value is -1.91. The predicted octanol–water partition coefficient (Wildman–Crippen LogP) is 2.05. The van der Waals surface area contributed by atoms with Gasteiger partial charge in [-0.15, -0.1) is 10.2 Å². The van der Waals surface area contributed by atoms with Crippen LogP contribution in [0, 0.1) is 0 Å². The molecule has 1 heterocycles. The summed E-state index contributed by atoms with van der Waals surface area (Å²) in [6, 6.07) is 9.50. The summed E-state index contributed by atoms with van der Waals surface area (Å²) in [6.45, 7) is 4.33. The summed E-state index contributed by atoms with van der Waals surface area (Å²) in [7, 11) is 0. The number of para-hydroxylation sites is 1. The van der Waals surface area contributed by atoms with E-state index in [4.69, 9.17) is 4.74 Å². The van der Waals surface area contributed by atoms with Gasteiger partial charge >= 0.3 is 0 Å². The fourth-order valence-electron chi connectivity index (χ4n) is 0.908. The number of hydrogen-bond donors (Lipinski definition) is 1. The van der Waals surface area contributed by atoms with Crippen LogP contribution in [0.1, 0.15) is 21.1 Å². The molecular formula is C10H16N4O. The Morgan fingerprint density at radius 3 is 2.60 bits per heavy atom. The maximum Gasteiger partial charge on any atom is 0.211 e. The summed E-state index contributed by atoms with van der Waals surface area (Å²) in [4.78, 5) is 0. The normalized spacial score (nSPS) is 8.93. The molecule has 0 saturated heterocycles. The fraction of sp³-hybridized carbons (Fsp3) is 0.300. The molecule has 0 atom stereocenters. The van der Waals surface area contributed by atoms with E-state index in [0.29, 0.717) is 12.4 Å². The van der Waals surface area contributed by atoms with Gasteiger partial charge in [0, 0.05) is 1.43 Å². The molecule has 0 spiro atoms. The molecule has 5 nitrogen and oxygen atoms in total. The fourth-order valence-corrected chi connectivity index (χ4v) is 0.908. The zero-order chi connectivity index (χ0) is 10.9. The SMILES string of the molecule is CC.[HH].c1ccc(OCc2nn[nH]n2)cc1. The lowest BCUT2D eigenvalue weighted by Gasteiger charge is -2.00. The first kappa shape index (κ1) is 11.2. The van der Waals surface area contributed by atoms with Gasteiger partial charge in [-0.1, -0.05) is 37.3 Å². The van der Waals surface area contributed by atoms with Gasteiger partial charge in [0.15, 0.2) is 6.61 Å². The third-order valence-corrected chi connectivity index (χ3v) is 1.50. The van der Waals surface area contributed by atoms with Crippen molar-refractivity contribution >= 4 is 0 Å². The van der Waals surface area contributed by atoms with Crippen molar-refractivity contribution in [3.05, 3.63) is 36.2 Å². The summed E-state index contributed by atoms with van der Waals surface area (Å²) in [6.07, 6.45) is 0. The Labute approximate surface area is 90.0 Å². The van der Waals surface area contributed by atoms with Crippen molar-refractivity contribution in [3.63, 3.8) is 0 Å². The van der Waals surface area contributed by atoms with E-state index in [1.807, 2.05) is 44.2 Å². The van der Waals surface area contributed by atoms with E-state index < -0.39 is 0 Å². The molecule has 82 valence electrons. The minimum atomic E-state index is 0. The molecule has 0 radical (unpaired) electrons. The highest BCUT2D eigenvalue weighted by Gasteiger charge is 1.97. The largest absolute Gasteiger partial charge is 0.485 e. The van der Waals surface area contributed by atoms with Crippen LogP contribution in [-0.4, -0.2) is 20.6 Å². The van der Waals surface area contributed by atoms with Crippen molar-refractivity contribution in [1.29, 1.82) is 0 Å². The molecule has 5 heteroatoms. The zero-order valence-corrected chi connectivity index (χ0v) is 8.84. The van der Waals surface area contributed by atoms with E-state index in [-0.39, 0.29) is 1.43 Å². The Bertz CT molecular complexity index is 352. The highest BCUT2D eigenvalue weighted by Crippen LogP contribution is 2.09. The van der Waals surface area contributed by atoms with E-state index in [2.05, 4.69) is 20.6 Å². The first-order chi connectivity index (χ1) is 7.45. The summed E-state index contributed by atoms with van der Waals surface area (Å²) in [5.74, 6) is 1.34. The molecule has 2 rings (SSSR count). The number of ether oxygens (including phenoxy) is 1. The molecule has 15 heavy (non-hydrogen) atoms. The Morgan fingerprint density at radius 2 is 2.00 bits per heavy atom. The van der Waals surface area contributed by atoms with Crippen molar-refractivity contribution in [3.8, 4) is 5.75 Å². The van der Waals surface area contributed by atoms with E-state index in [0.717, 1.165) is 5.75 Å². The van der Waals surface area contributed by atoms with Crippen LogP contribution in [0.4, 0.5) is 0 Å². The van der Waals surface area contributed by atoms with Crippen LogP contribution in [-0.2, 0) is 6.61 Å². The van der Waals surface area contributed by atoms with Crippen LogP contribution in [0.2, 0.25) is 0 Å². The molecule has 2 aromatic rings. The molecule has 0 aliphatic heterocycles. The van der Waals surface area contributed by atoms with Crippen LogP contribution >= 0.6 is 0 Å². The molecule has 0 fully saturated rings. The first-order valence-electron chi connectivity index (χ1n) is 4.85. The van der Waals surface area contributed by atoms with Gasteiger partial charge in [0.05, 0.1) is 0 Å². The number of benzene rings is 1. The summed E-state index contributed by atoms with van der Waals surface area (Å²) >= 11 is 0. The number of aromatic amines is 1. The molecule has 1 aromatic carbocycles. The third kappa shape index (κ3) is 3.76. The average Bonchev–Trinajstić information content (AvgIpc) is 2.83. The number of rotatable bonds is 3. The topological polar surface area (TPSA) is 63.7 Å². The van der Waals surface area contributed by atoms with Crippen molar-refractivity contribution < 1.29 is 6.16 Å². The van der Waals surface area contributed by atoms with Crippen molar-refractivity contribution in [2.45, 2.75) is 20.5 Å². The van der Waals surface area contributed by atoms with Gasteiger partial charge in [-0.3, -0.25) is 0 Å². The minimum absolute atomic E-state index is 0. The number of aromatic nitrogens is 4. The molecule has 1 N–H and O–H groups in total. The second-order valence-electron chi connectivity index (χ2n) is 2.43. The monoisotopic (exact) mass is 208 g/mol. The van der Waals surface area contributed by atoms with Crippen LogP contribution in [0.25, 0.3) is 0 Å². The van der Waals surface area contributed by atoms with Crippen molar-refractivity contribution in [2.75, 3.05) is 0 Å². The number of nitrogens with zero attached hydrogens (tertiary/aromatic N) is 3. The summed E-state index contributed by atoms with van der Waals surface area (Å²) < 4.78 is 5.37. The highest BCUT2D eigenvalue weighted by molar-refractivity contribution is 5.20. The molecule has 0 amide bonds. The summed E-state index contributed by atoms with van der Waals surface area (Å²) in [5, 5.41) is 13.3. The van der Waals surface area contributed by atoms with E-state index in [1.54, 1.807) is 0 Å². The average molecular weight is 208 g/mol. The van der Waals surface area contributed by atoms with Gasteiger partial charge in [0.1, 0.15) is 5.75 Å². The van der Waals surface area contributed by atoms with E-state index >= 15 is 0 Å². The smallest absolute Gasteiger partial charge is 0.211 e. The number of hydrogen-bond acceptors (Lipinski definition) is 4. The maximum absolute atomic E-state index is 5.37. The molecule has 0 bridgehead atoms. The van der Waals surface area contributed by atoms with Gasteiger partial charge in [0.25, 0.3) is 0 Å². The predicted molar refractivity (Wildman–Crippen MR) is 58.4 cm³/mol. The van der Waals surface area contributed by atoms with Gasteiger partial charge < -0.3 is 4.74 Å². The second kappa shape index (κ2) is 6.53. The molecule has 1 aromatic heterocycles. The highest BCUT2D eigenvalue weighted by atomic mass is 16.5. The lowest BCUT2D eigenvalue weighted by molar-refractivity contribution is 0.296. The van der Waals surface area contributed by atoms with Gasteiger partial charge in [-0.2, -0.15) is 5.21 Å². The standard InChI is InChI=1S/C8H8N4O.C2H6.H2/c1-2-4-7(5-3-1)13-6-8-9-11-12-10-8;1-2;/h1-5H,6H2,(H,9,10,11,12);1-2H3;1H. The maximum atomic E-state index is 5.37. The lowest BCUT2D eigenvalue weighted by atomic mass is 10.3. The zero-order valence-electron chi connectivity index (χ0n) is 8.84. The second-order valence-corrected chi connectivity index (χ2v) is 2.43. The minimum Gasteiger partial charge on any atom is -0.485 e. The van der Waals surface area contributed by atoms with Gasteiger partial charge in [-0.25, -0.2) is 0 Å². The van der Waals surface area contributed by atoms with Crippen LogP contribution in [0.15, 0.2) is 30.3 Å². The van der Waals surface area contributed by atoms with Crippen molar-refractivity contribution in [2.24, 2.45) is 0 Å². The van der Waals surface area contributed by atoms with E-state index in [9.17, 15) is 0 Å². The first-order valence-corrected chi connectivity index (χ1v) is 4.85. The third-order valence-electron chi connectivity index (χ3n) is 1.50. The molecule has 0 unspecified atom stereocenters. The number of tetrazole rings is 1. The van der Waals surface area contributed by atoms with Crippen LogP contribution in [0.3, 0.4) is 0 Å². The quantitative estimate of drug-likeness (QED) is 0.838. The van der Waals surface area contributed by atoms with Crippen molar-refractivity contribution in [1.82, 2.24) is 20.6 Å². The number of H-pyrrole nitrogens is 1. The molecule has 0 saturated carbocycles. The number of nitrogens with one attached hydrogen (secondary N) is 1. The lowest BCUT2D eigenvalue weighted by Crippen LogP contribution is -1.97. The van der Waals surface area contributed by atoms with Crippen LogP contribution in [0.5, 0.6) is 5.75 Å². The van der Waals surface area contributed by atoms with E-state index in [1.165, 1.54) is 0 Å². The Kier molecular flexibility index (Phi) is 4.86. The molecule has 0 aliphatic rings. The van der Waals surface area contributed by atoms with Gasteiger partial charge in [0.2, 0.25) is 5.82 Å². The molecule has 0 aliphatic carbocycles. The Morgan fingerprint density at radius 1 is 1.27 bits per heavy atom.